The van der Waals surface area contributed by atoms with Gasteiger partial charge >= 0.3 is 10.1 Å². The Bertz CT molecular complexity index is 377. The predicted octanol–water partition coefficient (Wildman–Crippen LogP) is 2.80. The summed E-state index contributed by atoms with van der Waals surface area (Å²) in [5.74, 6) is 0.392. The summed E-state index contributed by atoms with van der Waals surface area (Å²) in [5, 5.41) is 0. The number of ketones is 1. The second-order valence-electron chi connectivity index (χ2n) is 6.01. The highest BCUT2D eigenvalue weighted by Crippen LogP contribution is 2.41. The fourth-order valence-electron chi connectivity index (χ4n) is 1.24. The van der Waals surface area contributed by atoms with Crippen LogP contribution in [0.1, 0.15) is 40.5 Å². The van der Waals surface area contributed by atoms with Crippen molar-refractivity contribution in [2.75, 3.05) is 24.0 Å². The largest absolute Gasteiger partial charge is 0.390 e. The van der Waals surface area contributed by atoms with Gasteiger partial charge in [-0.25, -0.2) is 0 Å². The van der Waals surface area contributed by atoms with Crippen molar-refractivity contribution in [1.82, 2.24) is 0 Å². The van der Waals surface area contributed by atoms with E-state index < -0.39 is 25.8 Å². The maximum Gasteiger partial charge on any atom is 0.390 e. The van der Waals surface area contributed by atoms with Gasteiger partial charge in [-0.2, -0.15) is 8.42 Å². The van der Waals surface area contributed by atoms with Gasteiger partial charge in [-0.15, -0.1) is 0 Å². The molecule has 0 amide bonds. The van der Waals surface area contributed by atoms with Crippen LogP contribution >= 0.6 is 10.3 Å². The first kappa shape index (κ1) is 17.9. The third-order valence-corrected chi connectivity index (χ3v) is 6.69. The zero-order valence-electron chi connectivity index (χ0n) is 12.3. The molecule has 0 aromatic heterocycles. The van der Waals surface area contributed by atoms with Crippen LogP contribution in [0.5, 0.6) is 0 Å². The second-order valence-corrected chi connectivity index (χ2v) is 11.4. The molecule has 0 saturated heterocycles. The Morgan fingerprint density at radius 3 is 2.06 bits per heavy atom. The first-order valence-corrected chi connectivity index (χ1v) is 10.3. The topological polar surface area (TPSA) is 64.0 Å². The highest BCUT2D eigenvalue weighted by Gasteiger charge is 2.33. The van der Waals surface area contributed by atoms with Crippen LogP contribution in [-0.2, 0) is 14.9 Å². The Hall–Kier alpha value is -0.0700. The Labute approximate surface area is 113 Å². The van der Waals surface area contributed by atoms with Crippen molar-refractivity contribution in [3.05, 3.63) is 0 Å². The van der Waals surface area contributed by atoms with Gasteiger partial charge in [-0.05, 0) is 16.7 Å². The van der Waals surface area contributed by atoms with Crippen LogP contribution in [0.3, 0.4) is 0 Å². The van der Waals surface area contributed by atoms with Gasteiger partial charge in [0.2, 0.25) is 0 Å². The van der Waals surface area contributed by atoms with E-state index in [1.165, 1.54) is 0 Å². The van der Waals surface area contributed by atoms with Crippen molar-refractivity contribution in [3.8, 4) is 0 Å². The summed E-state index contributed by atoms with van der Waals surface area (Å²) in [6.07, 6.45) is 5.00. The molecule has 0 aliphatic rings. The van der Waals surface area contributed by atoms with E-state index in [1.54, 1.807) is 12.5 Å². The maximum atomic E-state index is 11.9. The zero-order valence-corrected chi connectivity index (χ0v) is 13.9. The Morgan fingerprint density at radius 1 is 1.17 bits per heavy atom. The van der Waals surface area contributed by atoms with Crippen molar-refractivity contribution in [3.63, 3.8) is 0 Å². The molecule has 0 aliphatic heterocycles. The molecule has 0 atom stereocenters. The molecule has 0 spiro atoms. The average Bonchev–Trinajstić information content (AvgIpc) is 2.10. The van der Waals surface area contributed by atoms with E-state index in [-0.39, 0.29) is 17.3 Å². The fourth-order valence-corrected chi connectivity index (χ4v) is 5.93. The molecule has 0 aromatic rings. The molecule has 0 fully saturated rings. The lowest BCUT2D eigenvalue weighted by Crippen LogP contribution is -2.29. The second kappa shape index (κ2) is 6.39. The van der Waals surface area contributed by atoms with E-state index in [0.717, 1.165) is 6.42 Å². The highest BCUT2D eigenvalue weighted by molar-refractivity contribution is 8.31. The molecule has 0 rings (SSSR count). The predicted molar refractivity (Wildman–Crippen MR) is 80.1 cm³/mol. The molecule has 0 radical (unpaired) electrons. The van der Waals surface area contributed by atoms with Crippen LogP contribution in [0.15, 0.2) is 0 Å². The van der Waals surface area contributed by atoms with Gasteiger partial charge in [0.05, 0.1) is 5.75 Å². The molecule has 0 aromatic carbocycles. The van der Waals surface area contributed by atoms with E-state index in [4.69, 9.17) is 0 Å². The fraction of sp³-hybridized carbons (Fsp3) is 0.917. The van der Waals surface area contributed by atoms with Crippen LogP contribution < -0.4 is 0 Å². The van der Waals surface area contributed by atoms with Gasteiger partial charge in [0.15, 0.2) is 5.78 Å². The summed E-state index contributed by atoms with van der Waals surface area (Å²) in [7, 11) is -5.15. The average molecular weight is 299 g/mol. The van der Waals surface area contributed by atoms with Crippen LogP contribution in [0.4, 0.5) is 0 Å². The Kier molecular flexibility index (Phi) is 6.36. The van der Waals surface area contributed by atoms with Gasteiger partial charge in [0.25, 0.3) is 0 Å². The van der Waals surface area contributed by atoms with E-state index >= 15 is 0 Å². The molecule has 0 aliphatic carbocycles. The van der Waals surface area contributed by atoms with Crippen molar-refractivity contribution >= 4 is 26.2 Å². The highest BCUT2D eigenvalue weighted by atomic mass is 32.3. The lowest BCUT2D eigenvalue weighted by atomic mass is 9.92. The van der Waals surface area contributed by atoms with E-state index in [2.05, 4.69) is 3.63 Å². The van der Waals surface area contributed by atoms with E-state index in [0.29, 0.717) is 6.42 Å². The summed E-state index contributed by atoms with van der Waals surface area (Å²) in [6.45, 7) is 7.47. The third kappa shape index (κ3) is 7.38. The van der Waals surface area contributed by atoms with E-state index in [9.17, 15) is 13.2 Å². The maximum absolute atomic E-state index is 11.9. The first-order chi connectivity index (χ1) is 7.90. The van der Waals surface area contributed by atoms with Crippen LogP contribution in [0, 0.1) is 5.41 Å². The molecule has 6 heteroatoms. The minimum atomic E-state index is -3.38. The van der Waals surface area contributed by atoms with Crippen molar-refractivity contribution < 1.29 is 16.8 Å². The number of carbonyl (C=O) groups excluding carboxylic acids is 1. The summed E-state index contributed by atoms with van der Waals surface area (Å²) in [4.78, 5) is 11.9. The van der Waals surface area contributed by atoms with Gasteiger partial charge in [-0.3, -0.25) is 8.42 Å². The summed E-state index contributed by atoms with van der Waals surface area (Å²) in [5.41, 5.74) is -0.438. The number of unbranched alkanes of at least 4 members (excludes halogenated alkanes) is 1. The van der Waals surface area contributed by atoms with Gasteiger partial charge in [0.1, 0.15) is 5.75 Å². The smallest absolute Gasteiger partial charge is 0.298 e. The van der Waals surface area contributed by atoms with Gasteiger partial charge in [-0.1, -0.05) is 34.1 Å². The molecule has 0 unspecified atom stereocenters. The summed E-state index contributed by atoms with van der Waals surface area (Å²) >= 11 is 0. The first-order valence-electron chi connectivity index (χ1n) is 6.11. The zero-order chi connectivity index (χ0) is 14.6. The third-order valence-electron chi connectivity index (χ3n) is 2.39. The SMILES string of the molecule is CCCCS(=O)(=O)[OH+]S(C)(C)CC(=O)C(C)(C)C. The van der Waals surface area contributed by atoms with Crippen LogP contribution in [0.25, 0.3) is 0 Å². The van der Waals surface area contributed by atoms with Crippen molar-refractivity contribution in [2.24, 2.45) is 5.41 Å². The molecule has 110 valence electrons. The van der Waals surface area contributed by atoms with Crippen molar-refractivity contribution in [1.29, 1.82) is 0 Å². The number of rotatable bonds is 7. The van der Waals surface area contributed by atoms with E-state index in [1.807, 2.05) is 27.7 Å². The molecule has 4 nitrogen and oxygen atoms in total. The molecule has 18 heavy (non-hydrogen) atoms. The number of Topliss-reactive ketones (excluding diaryl/α,β-unsaturated/α-hetero) is 1. The molecule has 0 bridgehead atoms. The van der Waals surface area contributed by atoms with Gasteiger partial charge in [0, 0.05) is 17.9 Å². The van der Waals surface area contributed by atoms with Crippen molar-refractivity contribution in [2.45, 2.75) is 40.5 Å². The molecule has 0 saturated carbocycles. The minimum Gasteiger partial charge on any atom is -0.298 e. The monoisotopic (exact) mass is 299 g/mol. The van der Waals surface area contributed by atoms with Gasteiger partial charge < -0.3 is 0 Å². The molecular formula is C12H27O4S2+. The number of hydrogen-bond acceptors (Lipinski definition) is 3. The quantitative estimate of drug-likeness (QED) is 0.536. The summed E-state index contributed by atoms with van der Waals surface area (Å²) < 4.78 is 27.5. The standard InChI is InChI=1S/C12H26O4S2/c1-7-8-9-18(14,15)16-17(5,6)10-11(13)12(2,3)4/h7-10H2,1-6H3/p+1. The lowest BCUT2D eigenvalue weighted by Gasteiger charge is -2.27. The lowest BCUT2D eigenvalue weighted by molar-refractivity contribution is -0.123. The normalized spacial score (nSPS) is 14.6. The molecule has 1 N–H and O–H groups in total. The molecular weight excluding hydrogens is 272 g/mol. The number of carbonyl (C=O) groups is 1. The minimum absolute atomic E-state index is 0.0666. The Morgan fingerprint density at radius 2 is 1.67 bits per heavy atom. The summed E-state index contributed by atoms with van der Waals surface area (Å²) in [6, 6.07) is 0. The van der Waals surface area contributed by atoms with Crippen LogP contribution in [-0.4, -0.2) is 41.8 Å². The molecule has 0 heterocycles. The Balaban J connectivity index is 4.62. The van der Waals surface area contributed by atoms with Crippen LogP contribution in [0.2, 0.25) is 0 Å². The number of hydrogen-bond donors (Lipinski definition) is 0.